The van der Waals surface area contributed by atoms with Crippen LogP contribution in [0.2, 0.25) is 0 Å². The number of amides is 2. The van der Waals surface area contributed by atoms with Crippen LogP contribution in [-0.4, -0.2) is 40.6 Å². The van der Waals surface area contributed by atoms with Crippen LogP contribution in [0.3, 0.4) is 0 Å². The normalized spacial score (nSPS) is 15.7. The minimum atomic E-state index is -0.510. The summed E-state index contributed by atoms with van der Waals surface area (Å²) in [6, 6.07) is 18.8. The number of H-pyrrole nitrogens is 1. The first kappa shape index (κ1) is 23.9. The van der Waals surface area contributed by atoms with Crippen molar-refractivity contribution in [2.75, 3.05) is 13.1 Å². The van der Waals surface area contributed by atoms with Gasteiger partial charge in [0, 0.05) is 36.1 Å². The average Bonchev–Trinajstić information content (AvgIpc) is 3.18. The highest BCUT2D eigenvalue weighted by atomic mass is 16.6. The Labute approximate surface area is 201 Å². The number of alkyl carbamates (subject to hydrolysis) is 1. The molecule has 0 saturated heterocycles. The van der Waals surface area contributed by atoms with E-state index in [9.17, 15) is 9.59 Å². The number of fused-ring (bicyclic) bond motifs is 3. The number of benzene rings is 2. The Morgan fingerprint density at radius 1 is 1.06 bits per heavy atom. The summed E-state index contributed by atoms with van der Waals surface area (Å²) in [6.07, 6.45) is 3.16. The molecule has 0 spiro atoms. The summed E-state index contributed by atoms with van der Waals surface area (Å²) in [5.41, 5.74) is 4.34. The number of nitrogens with zero attached hydrogens (tertiary/aromatic N) is 1. The molecule has 3 aromatic rings. The zero-order valence-electron chi connectivity index (χ0n) is 20.4. The minimum Gasteiger partial charge on any atom is -0.444 e. The van der Waals surface area contributed by atoms with E-state index in [0.717, 1.165) is 43.4 Å². The number of hydrogen-bond acceptors (Lipinski definition) is 3. The van der Waals surface area contributed by atoms with E-state index in [1.165, 1.54) is 16.5 Å². The molecular weight excluding hydrogens is 426 g/mol. The highest BCUT2D eigenvalue weighted by molar-refractivity contribution is 5.86. The van der Waals surface area contributed by atoms with Gasteiger partial charge in [-0.25, -0.2) is 4.79 Å². The monoisotopic (exact) mass is 461 g/mol. The lowest BCUT2D eigenvalue weighted by Gasteiger charge is -2.36. The molecule has 1 atom stereocenters. The van der Waals surface area contributed by atoms with Crippen molar-refractivity contribution in [1.82, 2.24) is 15.2 Å². The average molecular weight is 462 g/mol. The Bertz CT molecular complexity index is 1130. The predicted octanol–water partition coefficient (Wildman–Crippen LogP) is 5.53. The molecule has 0 fully saturated rings. The largest absolute Gasteiger partial charge is 0.444 e. The van der Waals surface area contributed by atoms with Gasteiger partial charge < -0.3 is 19.9 Å². The van der Waals surface area contributed by atoms with Gasteiger partial charge in [0.2, 0.25) is 5.91 Å². The van der Waals surface area contributed by atoms with Crippen molar-refractivity contribution in [3.63, 3.8) is 0 Å². The fourth-order valence-electron chi connectivity index (χ4n) is 4.72. The molecule has 6 heteroatoms. The highest BCUT2D eigenvalue weighted by Crippen LogP contribution is 2.36. The summed E-state index contributed by atoms with van der Waals surface area (Å²) < 4.78 is 5.26. The van der Waals surface area contributed by atoms with E-state index in [0.29, 0.717) is 13.0 Å². The van der Waals surface area contributed by atoms with E-state index in [4.69, 9.17) is 4.74 Å². The summed E-state index contributed by atoms with van der Waals surface area (Å²) in [4.78, 5) is 30.8. The van der Waals surface area contributed by atoms with Gasteiger partial charge in [-0.3, -0.25) is 4.79 Å². The Morgan fingerprint density at radius 2 is 1.79 bits per heavy atom. The van der Waals surface area contributed by atoms with Gasteiger partial charge in [-0.1, -0.05) is 48.5 Å². The highest BCUT2D eigenvalue weighted by Gasteiger charge is 2.33. The van der Waals surface area contributed by atoms with Gasteiger partial charge in [-0.15, -0.1) is 0 Å². The summed E-state index contributed by atoms with van der Waals surface area (Å²) in [5.74, 6) is 0.169. The fourth-order valence-corrected chi connectivity index (χ4v) is 4.72. The lowest BCUT2D eigenvalue weighted by Crippen LogP contribution is -2.41. The van der Waals surface area contributed by atoms with Gasteiger partial charge >= 0.3 is 6.09 Å². The molecule has 1 aliphatic rings. The molecule has 1 unspecified atom stereocenters. The number of para-hydroxylation sites is 1. The van der Waals surface area contributed by atoms with Crippen molar-refractivity contribution in [2.24, 2.45) is 0 Å². The number of ether oxygens (including phenoxy) is 1. The first-order chi connectivity index (χ1) is 16.3. The second kappa shape index (κ2) is 10.3. The van der Waals surface area contributed by atoms with Crippen molar-refractivity contribution in [1.29, 1.82) is 0 Å². The summed E-state index contributed by atoms with van der Waals surface area (Å²) in [7, 11) is 0. The van der Waals surface area contributed by atoms with E-state index in [1.54, 1.807) is 0 Å². The van der Waals surface area contributed by atoms with Crippen LogP contribution in [0.15, 0.2) is 54.6 Å². The van der Waals surface area contributed by atoms with E-state index in [1.807, 2.05) is 49.9 Å². The van der Waals surface area contributed by atoms with Crippen LogP contribution in [0.4, 0.5) is 4.79 Å². The van der Waals surface area contributed by atoms with Crippen LogP contribution in [-0.2, 0) is 22.4 Å². The molecule has 0 saturated carbocycles. The molecule has 1 aliphatic heterocycles. The van der Waals surface area contributed by atoms with Gasteiger partial charge in [0.05, 0.1) is 6.04 Å². The molecule has 0 radical (unpaired) electrons. The molecular formula is C28H35N3O3. The predicted molar refractivity (Wildman–Crippen MR) is 135 cm³/mol. The summed E-state index contributed by atoms with van der Waals surface area (Å²) in [6.45, 7) is 6.75. The maximum absolute atomic E-state index is 13.3. The van der Waals surface area contributed by atoms with E-state index in [2.05, 4.69) is 40.6 Å². The van der Waals surface area contributed by atoms with Crippen molar-refractivity contribution < 1.29 is 14.3 Å². The maximum Gasteiger partial charge on any atom is 0.407 e. The number of aromatic nitrogens is 1. The Kier molecular flexibility index (Phi) is 7.25. The van der Waals surface area contributed by atoms with E-state index >= 15 is 0 Å². The number of aromatic amines is 1. The van der Waals surface area contributed by atoms with Crippen LogP contribution in [0.25, 0.3) is 10.9 Å². The number of carbonyl (C=O) groups is 2. The summed E-state index contributed by atoms with van der Waals surface area (Å²) >= 11 is 0. The van der Waals surface area contributed by atoms with Crippen LogP contribution >= 0.6 is 0 Å². The molecule has 2 N–H and O–H groups in total. The first-order valence-electron chi connectivity index (χ1n) is 12.2. The molecule has 2 aromatic carbocycles. The summed E-state index contributed by atoms with van der Waals surface area (Å²) in [5, 5.41) is 4.03. The number of unbranched alkanes of at least 4 members (excludes halogenated alkanes) is 1. The Balaban J connectivity index is 1.41. The van der Waals surface area contributed by atoms with Gasteiger partial charge in [-0.05, 0) is 63.6 Å². The van der Waals surface area contributed by atoms with Gasteiger partial charge in [0.15, 0.2) is 0 Å². The molecule has 2 amide bonds. The molecule has 0 bridgehead atoms. The molecule has 1 aromatic heterocycles. The first-order valence-corrected chi connectivity index (χ1v) is 12.2. The number of hydrogen-bond donors (Lipinski definition) is 2. The number of nitrogens with one attached hydrogen (secondary N) is 2. The zero-order chi connectivity index (χ0) is 24.1. The number of carbonyl (C=O) groups excluding carboxylic acids is 2. The molecule has 6 nitrogen and oxygen atoms in total. The Morgan fingerprint density at radius 3 is 2.56 bits per heavy atom. The topological polar surface area (TPSA) is 74.4 Å². The SMILES string of the molecule is CC(C)(C)OC(=O)NCCCCC(=O)N1CCc2c([nH]c3ccccc23)C1Cc1ccccc1. The second-order valence-corrected chi connectivity index (χ2v) is 9.99. The van der Waals surface area contributed by atoms with Crippen molar-refractivity contribution in [3.8, 4) is 0 Å². The maximum atomic E-state index is 13.3. The Hall–Kier alpha value is -3.28. The minimum absolute atomic E-state index is 0.00839. The van der Waals surface area contributed by atoms with E-state index < -0.39 is 11.7 Å². The van der Waals surface area contributed by atoms with Gasteiger partial charge in [0.25, 0.3) is 0 Å². The van der Waals surface area contributed by atoms with Gasteiger partial charge in [-0.2, -0.15) is 0 Å². The van der Waals surface area contributed by atoms with Crippen molar-refractivity contribution in [2.45, 2.75) is 64.5 Å². The van der Waals surface area contributed by atoms with Crippen LogP contribution in [0, 0.1) is 0 Å². The number of rotatable bonds is 7. The van der Waals surface area contributed by atoms with Crippen LogP contribution in [0.1, 0.15) is 62.9 Å². The third kappa shape index (κ3) is 5.79. The lowest BCUT2D eigenvalue weighted by atomic mass is 9.92. The van der Waals surface area contributed by atoms with E-state index in [-0.39, 0.29) is 11.9 Å². The smallest absolute Gasteiger partial charge is 0.407 e. The molecule has 0 aliphatic carbocycles. The molecule has 180 valence electrons. The van der Waals surface area contributed by atoms with Crippen LogP contribution in [0.5, 0.6) is 0 Å². The second-order valence-electron chi connectivity index (χ2n) is 9.99. The fraction of sp³-hybridized carbons (Fsp3) is 0.429. The van der Waals surface area contributed by atoms with Gasteiger partial charge in [0.1, 0.15) is 5.60 Å². The molecule has 34 heavy (non-hydrogen) atoms. The molecule has 4 rings (SSSR count). The third-order valence-corrected chi connectivity index (χ3v) is 6.24. The van der Waals surface area contributed by atoms with Crippen molar-refractivity contribution in [3.05, 3.63) is 71.4 Å². The van der Waals surface area contributed by atoms with Crippen LogP contribution < -0.4 is 5.32 Å². The molecule has 2 heterocycles. The van der Waals surface area contributed by atoms with Crippen molar-refractivity contribution >= 4 is 22.9 Å². The third-order valence-electron chi connectivity index (χ3n) is 6.24. The zero-order valence-corrected chi connectivity index (χ0v) is 20.4. The lowest BCUT2D eigenvalue weighted by molar-refractivity contribution is -0.134. The quantitative estimate of drug-likeness (QED) is 0.454. The standard InChI is InChI=1S/C28H35N3O3/c1-28(2,3)34-27(33)29-17-10-9-15-25(32)31-18-16-22-21-13-7-8-14-23(21)30-26(22)24(31)19-20-11-5-4-6-12-20/h4-8,11-14,24,30H,9-10,15-19H2,1-3H3,(H,29,33).